The molecule has 2 amide bonds. The number of carboxylic acid groups (broad SMARTS) is 1. The number of fused-ring (bicyclic) bond motifs is 4. The molecule has 2 heterocycles. The molecule has 8 nitrogen and oxygen atoms in total. The minimum atomic E-state index is -1.06. The van der Waals surface area contributed by atoms with Crippen LogP contribution in [-0.2, 0) is 19.1 Å². The van der Waals surface area contributed by atoms with Crippen LogP contribution in [0.3, 0.4) is 0 Å². The molecule has 2 N–H and O–H groups in total. The lowest BCUT2D eigenvalue weighted by molar-refractivity contribution is -0.151. The monoisotopic (exact) mass is 478 g/mol. The molecular formula is C27H30N2O6. The van der Waals surface area contributed by atoms with E-state index in [1.54, 1.807) is 0 Å². The smallest absolute Gasteiger partial charge is 0.407 e. The van der Waals surface area contributed by atoms with Gasteiger partial charge in [0.25, 0.3) is 0 Å². The van der Waals surface area contributed by atoms with Crippen LogP contribution in [0.1, 0.15) is 43.7 Å². The van der Waals surface area contributed by atoms with Gasteiger partial charge in [0.2, 0.25) is 5.91 Å². The highest BCUT2D eigenvalue weighted by Gasteiger charge is 2.51. The maximum absolute atomic E-state index is 13.5. The van der Waals surface area contributed by atoms with Crippen LogP contribution in [0.5, 0.6) is 0 Å². The van der Waals surface area contributed by atoms with E-state index >= 15 is 0 Å². The molecule has 0 saturated carbocycles. The van der Waals surface area contributed by atoms with Crippen LogP contribution in [-0.4, -0.2) is 65.4 Å². The zero-order chi connectivity index (χ0) is 24.7. The van der Waals surface area contributed by atoms with Crippen LogP contribution in [0.15, 0.2) is 48.5 Å². The van der Waals surface area contributed by atoms with Crippen molar-refractivity contribution >= 4 is 18.0 Å². The van der Waals surface area contributed by atoms with Crippen LogP contribution in [0.25, 0.3) is 11.1 Å². The first-order chi connectivity index (χ1) is 16.9. The number of nitrogens with one attached hydrogen (secondary N) is 1. The molecule has 3 aliphatic rings. The third-order valence-corrected chi connectivity index (χ3v) is 7.41. The van der Waals surface area contributed by atoms with Crippen LogP contribution in [0.4, 0.5) is 4.79 Å². The van der Waals surface area contributed by atoms with E-state index in [0.29, 0.717) is 13.0 Å². The summed E-state index contributed by atoms with van der Waals surface area (Å²) in [6.07, 6.45) is -0.108. The first-order valence-electron chi connectivity index (χ1n) is 12.1. The van der Waals surface area contributed by atoms with Gasteiger partial charge < -0.3 is 24.8 Å². The molecule has 4 unspecified atom stereocenters. The predicted octanol–water partition coefficient (Wildman–Crippen LogP) is 3.39. The van der Waals surface area contributed by atoms with Gasteiger partial charge in [0.1, 0.15) is 18.7 Å². The van der Waals surface area contributed by atoms with Gasteiger partial charge in [0.05, 0.1) is 12.1 Å². The second-order valence-corrected chi connectivity index (χ2v) is 9.79. The van der Waals surface area contributed by atoms with Gasteiger partial charge >= 0.3 is 12.1 Å². The number of benzene rings is 2. The number of amides is 2. The number of carbonyl (C=O) groups excluding carboxylic acids is 2. The van der Waals surface area contributed by atoms with Crippen LogP contribution >= 0.6 is 0 Å². The maximum Gasteiger partial charge on any atom is 0.407 e. The molecule has 2 aromatic carbocycles. The van der Waals surface area contributed by atoms with Gasteiger partial charge in [-0.1, -0.05) is 62.4 Å². The van der Waals surface area contributed by atoms with E-state index in [4.69, 9.17) is 9.47 Å². The summed E-state index contributed by atoms with van der Waals surface area (Å²) in [7, 11) is 0. The number of carbonyl (C=O) groups is 3. The van der Waals surface area contributed by atoms with Gasteiger partial charge in [-0.25, -0.2) is 9.59 Å². The molecule has 2 aromatic rings. The average Bonchev–Trinajstić information content (AvgIpc) is 3.52. The van der Waals surface area contributed by atoms with E-state index in [9.17, 15) is 19.5 Å². The van der Waals surface area contributed by atoms with Crippen molar-refractivity contribution in [2.45, 2.75) is 56.8 Å². The van der Waals surface area contributed by atoms with Crippen molar-refractivity contribution in [3.05, 3.63) is 59.7 Å². The summed E-state index contributed by atoms with van der Waals surface area (Å²) >= 11 is 0. The summed E-state index contributed by atoms with van der Waals surface area (Å²) < 4.78 is 11.3. The molecule has 5 rings (SSSR count). The minimum Gasteiger partial charge on any atom is -0.480 e. The molecule has 184 valence electrons. The number of rotatable bonds is 6. The number of ether oxygens (including phenoxy) is 2. The number of carboxylic acids is 1. The van der Waals surface area contributed by atoms with Crippen molar-refractivity contribution in [2.75, 3.05) is 13.2 Å². The Hall–Kier alpha value is -3.39. The predicted molar refractivity (Wildman–Crippen MR) is 128 cm³/mol. The number of likely N-dealkylation sites (tertiary alicyclic amines) is 1. The fraction of sp³-hybridized carbons (Fsp3) is 0.444. The quantitative estimate of drug-likeness (QED) is 0.660. The maximum atomic E-state index is 13.5. The van der Waals surface area contributed by atoms with E-state index < -0.39 is 30.1 Å². The summed E-state index contributed by atoms with van der Waals surface area (Å²) in [5.41, 5.74) is 4.47. The summed E-state index contributed by atoms with van der Waals surface area (Å²) in [5, 5.41) is 12.4. The van der Waals surface area contributed by atoms with Crippen molar-refractivity contribution in [1.29, 1.82) is 0 Å². The fourth-order valence-electron chi connectivity index (χ4n) is 5.72. The van der Waals surface area contributed by atoms with Gasteiger partial charge in [-0.05, 0) is 34.6 Å². The summed E-state index contributed by atoms with van der Waals surface area (Å²) in [5.74, 6) is -1.80. The van der Waals surface area contributed by atoms with E-state index in [1.807, 2.05) is 50.2 Å². The molecule has 0 radical (unpaired) electrons. The normalized spacial score (nSPS) is 23.5. The van der Waals surface area contributed by atoms with Crippen molar-refractivity contribution in [3.8, 4) is 11.1 Å². The lowest BCUT2D eigenvalue weighted by Crippen LogP contribution is -2.56. The number of aliphatic carboxylic acids is 1. The second-order valence-electron chi connectivity index (χ2n) is 9.79. The third kappa shape index (κ3) is 4.16. The Balaban J connectivity index is 1.29. The summed E-state index contributed by atoms with van der Waals surface area (Å²) in [6, 6.07) is 14.0. The largest absolute Gasteiger partial charge is 0.480 e. The summed E-state index contributed by atoms with van der Waals surface area (Å²) in [4.78, 5) is 39.6. The Morgan fingerprint density at radius 2 is 1.71 bits per heavy atom. The van der Waals surface area contributed by atoms with Gasteiger partial charge in [0, 0.05) is 18.9 Å². The molecular weight excluding hydrogens is 448 g/mol. The van der Waals surface area contributed by atoms with Gasteiger partial charge in [-0.2, -0.15) is 0 Å². The van der Waals surface area contributed by atoms with Gasteiger partial charge in [-0.15, -0.1) is 0 Å². The van der Waals surface area contributed by atoms with Crippen molar-refractivity contribution in [3.63, 3.8) is 0 Å². The topological polar surface area (TPSA) is 105 Å². The van der Waals surface area contributed by atoms with Gasteiger partial charge in [-0.3, -0.25) is 4.79 Å². The fourth-order valence-corrected chi connectivity index (χ4v) is 5.72. The highest BCUT2D eigenvalue weighted by atomic mass is 16.5. The number of nitrogens with zero attached hydrogens (tertiary/aromatic N) is 1. The first kappa shape index (κ1) is 23.4. The average molecular weight is 479 g/mol. The van der Waals surface area contributed by atoms with Crippen molar-refractivity contribution in [1.82, 2.24) is 10.2 Å². The highest BCUT2D eigenvalue weighted by molar-refractivity contribution is 5.90. The summed E-state index contributed by atoms with van der Waals surface area (Å²) in [6.45, 7) is 4.28. The van der Waals surface area contributed by atoms with Crippen molar-refractivity contribution < 1.29 is 29.0 Å². The molecule has 2 aliphatic heterocycles. The number of hydrogen-bond donors (Lipinski definition) is 2. The number of alkyl carbamates (subject to hydrolysis) is 1. The molecule has 0 aromatic heterocycles. The Bertz CT molecular complexity index is 1100. The van der Waals surface area contributed by atoms with E-state index in [2.05, 4.69) is 17.4 Å². The lowest BCUT2D eigenvalue weighted by atomic mass is 9.98. The zero-order valence-electron chi connectivity index (χ0n) is 19.8. The highest BCUT2D eigenvalue weighted by Crippen LogP contribution is 2.44. The Kier molecular flexibility index (Phi) is 6.23. The zero-order valence-corrected chi connectivity index (χ0v) is 19.8. The SMILES string of the molecule is CC(C)C(NC(=O)OCC1c2ccccc2-c2ccccc21)C(=O)N1C(C(=O)O)CC2OCCC21. The number of hydrogen-bond acceptors (Lipinski definition) is 5. The molecule has 4 atom stereocenters. The Morgan fingerprint density at radius 1 is 1.09 bits per heavy atom. The van der Waals surface area contributed by atoms with Crippen LogP contribution in [0.2, 0.25) is 0 Å². The Morgan fingerprint density at radius 3 is 2.31 bits per heavy atom. The molecule has 0 bridgehead atoms. The standard InChI is InChI=1S/C27H30N2O6/c1-15(2)24(25(30)29-21-11-12-34-23(21)13-22(29)26(31)32)28-27(33)35-14-20-18-9-5-3-7-16(18)17-8-4-6-10-19(17)20/h3-10,15,20-24H,11-14H2,1-2H3,(H,28,33)(H,31,32). The van der Waals surface area contributed by atoms with Crippen molar-refractivity contribution in [2.24, 2.45) is 5.92 Å². The lowest BCUT2D eigenvalue weighted by Gasteiger charge is -2.32. The van der Waals surface area contributed by atoms with Crippen LogP contribution < -0.4 is 5.32 Å². The molecule has 8 heteroatoms. The first-order valence-corrected chi connectivity index (χ1v) is 12.1. The Labute approximate surface area is 204 Å². The molecule has 35 heavy (non-hydrogen) atoms. The van der Waals surface area contributed by atoms with Gasteiger partial charge in [0.15, 0.2) is 0 Å². The molecule has 2 saturated heterocycles. The second kappa shape index (κ2) is 9.34. The molecule has 2 fully saturated rings. The van der Waals surface area contributed by atoms with Crippen LogP contribution in [0, 0.1) is 5.92 Å². The molecule has 0 spiro atoms. The van der Waals surface area contributed by atoms with E-state index in [1.165, 1.54) is 4.90 Å². The third-order valence-electron chi connectivity index (χ3n) is 7.41. The van der Waals surface area contributed by atoms with E-state index in [-0.39, 0.29) is 37.0 Å². The minimum absolute atomic E-state index is 0.0901. The van der Waals surface area contributed by atoms with E-state index in [0.717, 1.165) is 22.3 Å². The molecule has 1 aliphatic carbocycles.